The summed E-state index contributed by atoms with van der Waals surface area (Å²) in [5.41, 5.74) is 6.30. The van der Waals surface area contributed by atoms with E-state index in [-0.39, 0.29) is 12.4 Å². The molecule has 3 N–H and O–H groups in total. The highest BCUT2D eigenvalue weighted by Gasteiger charge is 2.49. The van der Waals surface area contributed by atoms with Crippen molar-refractivity contribution in [2.45, 2.75) is 43.4 Å². The van der Waals surface area contributed by atoms with Gasteiger partial charge in [0.1, 0.15) is 17.5 Å². The lowest BCUT2D eigenvalue weighted by Gasteiger charge is -2.43. The molecule has 3 nitrogen and oxygen atoms in total. The highest BCUT2D eigenvalue weighted by molar-refractivity contribution is 6.35. The molecule has 1 spiro atoms. The zero-order valence-electron chi connectivity index (χ0n) is 10.2. The van der Waals surface area contributed by atoms with Crippen LogP contribution in [-0.2, 0) is 0 Å². The zero-order chi connectivity index (χ0) is 12.9. The van der Waals surface area contributed by atoms with Gasteiger partial charge in [-0.05, 0) is 37.8 Å². The third-order valence-corrected chi connectivity index (χ3v) is 4.56. The first-order valence-corrected chi connectivity index (χ1v) is 6.91. The predicted molar refractivity (Wildman–Crippen MR) is 78.5 cm³/mol. The van der Waals surface area contributed by atoms with Gasteiger partial charge in [-0.15, -0.1) is 12.4 Å². The average molecular weight is 325 g/mol. The molecule has 0 saturated heterocycles. The number of benzene rings is 1. The summed E-state index contributed by atoms with van der Waals surface area (Å²) in [7, 11) is 0. The van der Waals surface area contributed by atoms with Crippen molar-refractivity contribution < 1.29 is 9.84 Å². The highest BCUT2D eigenvalue weighted by Crippen LogP contribution is 2.49. The highest BCUT2D eigenvalue weighted by atomic mass is 35.5. The van der Waals surface area contributed by atoms with E-state index in [0.29, 0.717) is 21.4 Å². The number of nitrogens with two attached hydrogens (primary N) is 1. The quantitative estimate of drug-likeness (QED) is 0.768. The molecule has 106 valence electrons. The number of hydrogen-bond donors (Lipinski definition) is 2. The fraction of sp³-hybridized carbons (Fsp3) is 0.538. The van der Waals surface area contributed by atoms with Crippen LogP contribution >= 0.6 is 35.6 Å². The van der Waals surface area contributed by atoms with E-state index in [9.17, 15) is 5.11 Å². The van der Waals surface area contributed by atoms with Crippen molar-refractivity contribution in [3.05, 3.63) is 27.7 Å². The Kier molecular flexibility index (Phi) is 4.24. The lowest BCUT2D eigenvalue weighted by atomic mass is 9.83. The van der Waals surface area contributed by atoms with Crippen LogP contribution < -0.4 is 10.5 Å². The van der Waals surface area contributed by atoms with Gasteiger partial charge in [0.15, 0.2) is 0 Å². The van der Waals surface area contributed by atoms with Crippen LogP contribution in [0.1, 0.15) is 37.4 Å². The molecule has 2 unspecified atom stereocenters. The fourth-order valence-electron chi connectivity index (χ4n) is 3.07. The SMILES string of the molecule is Cl.NC1C(O)c2cc(Cl)cc(Cl)c2OC12CCCC2. The maximum absolute atomic E-state index is 10.4. The number of fused-ring (bicyclic) bond motifs is 1. The van der Waals surface area contributed by atoms with Gasteiger partial charge in [0.05, 0.1) is 11.1 Å². The summed E-state index contributed by atoms with van der Waals surface area (Å²) in [6, 6.07) is 2.88. The van der Waals surface area contributed by atoms with Crippen molar-refractivity contribution in [2.24, 2.45) is 5.73 Å². The molecule has 3 rings (SSSR count). The Hall–Kier alpha value is -0.190. The molecule has 1 aliphatic heterocycles. The molecular formula is C13H16Cl3NO2. The molecule has 1 aromatic rings. The molecule has 1 saturated carbocycles. The minimum Gasteiger partial charge on any atom is -0.484 e. The summed E-state index contributed by atoms with van der Waals surface area (Å²) in [6.07, 6.45) is 3.10. The second kappa shape index (κ2) is 5.30. The Morgan fingerprint density at radius 3 is 2.53 bits per heavy atom. The van der Waals surface area contributed by atoms with E-state index in [1.54, 1.807) is 12.1 Å². The molecule has 19 heavy (non-hydrogen) atoms. The maximum Gasteiger partial charge on any atom is 0.144 e. The molecule has 1 heterocycles. The normalized spacial score (nSPS) is 27.6. The third-order valence-electron chi connectivity index (χ3n) is 4.06. The number of rotatable bonds is 0. The molecule has 0 amide bonds. The fourth-order valence-corrected chi connectivity index (χ4v) is 3.62. The van der Waals surface area contributed by atoms with Crippen LogP contribution in [0.15, 0.2) is 12.1 Å². The second-order valence-corrected chi connectivity index (χ2v) is 5.99. The number of hydrogen-bond acceptors (Lipinski definition) is 3. The lowest BCUT2D eigenvalue weighted by molar-refractivity contribution is -0.0314. The van der Waals surface area contributed by atoms with E-state index in [4.69, 9.17) is 33.7 Å². The Balaban J connectivity index is 0.00000133. The Labute approximate surface area is 128 Å². The van der Waals surface area contributed by atoms with E-state index < -0.39 is 17.7 Å². The van der Waals surface area contributed by atoms with E-state index >= 15 is 0 Å². The van der Waals surface area contributed by atoms with E-state index in [1.807, 2.05) is 0 Å². The Bertz CT molecular complexity index is 489. The Morgan fingerprint density at radius 1 is 1.26 bits per heavy atom. The first kappa shape index (κ1) is 15.2. The summed E-state index contributed by atoms with van der Waals surface area (Å²) in [6.45, 7) is 0. The van der Waals surface area contributed by atoms with Crippen molar-refractivity contribution in [3.63, 3.8) is 0 Å². The molecule has 2 atom stereocenters. The van der Waals surface area contributed by atoms with Crippen molar-refractivity contribution >= 4 is 35.6 Å². The lowest BCUT2D eigenvalue weighted by Crippen LogP contribution is -2.56. The summed E-state index contributed by atoms with van der Waals surface area (Å²) < 4.78 is 6.07. The third kappa shape index (κ3) is 2.32. The van der Waals surface area contributed by atoms with Crippen LogP contribution in [-0.4, -0.2) is 16.7 Å². The van der Waals surface area contributed by atoms with Crippen LogP contribution in [0.4, 0.5) is 0 Å². The summed E-state index contributed by atoms with van der Waals surface area (Å²) in [4.78, 5) is 0. The topological polar surface area (TPSA) is 55.5 Å². The van der Waals surface area contributed by atoms with Gasteiger partial charge in [-0.3, -0.25) is 0 Å². The molecule has 1 aromatic carbocycles. The first-order valence-electron chi connectivity index (χ1n) is 6.15. The van der Waals surface area contributed by atoms with Gasteiger partial charge in [-0.2, -0.15) is 0 Å². The molecule has 2 aliphatic rings. The monoisotopic (exact) mass is 323 g/mol. The van der Waals surface area contributed by atoms with Crippen LogP contribution in [0.3, 0.4) is 0 Å². The van der Waals surface area contributed by atoms with Crippen LogP contribution in [0.25, 0.3) is 0 Å². The molecule has 0 aromatic heterocycles. The Morgan fingerprint density at radius 2 is 1.89 bits per heavy atom. The second-order valence-electron chi connectivity index (χ2n) is 5.15. The average Bonchev–Trinajstić information content (AvgIpc) is 2.78. The largest absolute Gasteiger partial charge is 0.484 e. The van der Waals surface area contributed by atoms with Gasteiger partial charge >= 0.3 is 0 Å². The van der Waals surface area contributed by atoms with Crippen LogP contribution in [0.5, 0.6) is 5.75 Å². The molecular weight excluding hydrogens is 309 g/mol. The van der Waals surface area contributed by atoms with Gasteiger partial charge in [0.25, 0.3) is 0 Å². The van der Waals surface area contributed by atoms with E-state index in [1.165, 1.54) is 0 Å². The standard InChI is InChI=1S/C13H15Cl2NO2.ClH/c14-7-5-8-10(17)12(16)13(3-1-2-4-13)18-11(8)9(15)6-7;/h5-6,10,12,17H,1-4,16H2;1H. The molecule has 1 aliphatic carbocycles. The predicted octanol–water partition coefficient (Wildman–Crippen LogP) is 3.48. The number of halogens is 3. The van der Waals surface area contributed by atoms with Crippen LogP contribution in [0.2, 0.25) is 10.0 Å². The van der Waals surface area contributed by atoms with Crippen molar-refractivity contribution in [1.82, 2.24) is 0 Å². The number of aliphatic hydroxyl groups is 1. The maximum atomic E-state index is 10.4. The minimum atomic E-state index is -0.775. The van der Waals surface area contributed by atoms with Crippen LogP contribution in [0, 0.1) is 0 Å². The van der Waals surface area contributed by atoms with Gasteiger partial charge in [-0.25, -0.2) is 0 Å². The number of ether oxygens (including phenoxy) is 1. The molecule has 1 fully saturated rings. The van der Waals surface area contributed by atoms with Crippen molar-refractivity contribution in [1.29, 1.82) is 0 Å². The van der Waals surface area contributed by atoms with Gasteiger partial charge < -0.3 is 15.6 Å². The van der Waals surface area contributed by atoms with E-state index in [2.05, 4.69) is 0 Å². The van der Waals surface area contributed by atoms with Gasteiger partial charge in [-0.1, -0.05) is 23.2 Å². The number of aliphatic hydroxyl groups excluding tert-OH is 1. The van der Waals surface area contributed by atoms with Crippen molar-refractivity contribution in [2.75, 3.05) is 0 Å². The summed E-state index contributed by atoms with van der Waals surface area (Å²) in [5.74, 6) is 0.539. The molecule has 0 bridgehead atoms. The zero-order valence-corrected chi connectivity index (χ0v) is 12.6. The van der Waals surface area contributed by atoms with Gasteiger partial charge in [0.2, 0.25) is 0 Å². The summed E-state index contributed by atoms with van der Waals surface area (Å²) in [5, 5.41) is 11.3. The van der Waals surface area contributed by atoms with Crippen molar-refractivity contribution in [3.8, 4) is 5.75 Å². The van der Waals surface area contributed by atoms with Gasteiger partial charge in [0, 0.05) is 10.6 Å². The molecule has 0 radical (unpaired) electrons. The first-order chi connectivity index (χ1) is 8.53. The molecule has 6 heteroatoms. The van der Waals surface area contributed by atoms with E-state index in [0.717, 1.165) is 25.7 Å². The summed E-state index contributed by atoms with van der Waals surface area (Å²) >= 11 is 12.1. The smallest absolute Gasteiger partial charge is 0.144 e. The minimum absolute atomic E-state index is 0.